The van der Waals surface area contributed by atoms with Gasteiger partial charge in [0.05, 0.1) is 17.7 Å². The quantitative estimate of drug-likeness (QED) is 0.360. The number of anilines is 1. The van der Waals surface area contributed by atoms with Gasteiger partial charge in [-0.25, -0.2) is 17.2 Å². The molecule has 1 atom stereocenters. The van der Waals surface area contributed by atoms with Gasteiger partial charge >= 0.3 is 0 Å². The van der Waals surface area contributed by atoms with Crippen LogP contribution in [0.25, 0.3) is 0 Å². The number of carbonyl (C=O) groups excluding carboxylic acids is 2. The topological polar surface area (TPSA) is 96.0 Å². The molecule has 0 aliphatic heterocycles. The Morgan fingerprint density at radius 3 is 2.03 bits per heavy atom. The third kappa shape index (κ3) is 7.53. The highest BCUT2D eigenvalue weighted by molar-refractivity contribution is 7.92. The number of nitrogens with zero attached hydrogens (tertiary/aromatic N) is 2. The van der Waals surface area contributed by atoms with Crippen molar-refractivity contribution in [3.05, 3.63) is 90.0 Å². The molecule has 0 saturated carbocycles. The van der Waals surface area contributed by atoms with Crippen LogP contribution in [0, 0.1) is 11.6 Å². The molecular formula is C28H31F2N3O5S. The van der Waals surface area contributed by atoms with Crippen molar-refractivity contribution in [3.63, 3.8) is 0 Å². The molecule has 0 bridgehead atoms. The highest BCUT2D eigenvalue weighted by Crippen LogP contribution is 2.26. The van der Waals surface area contributed by atoms with Gasteiger partial charge in [0, 0.05) is 13.1 Å². The molecule has 0 aliphatic carbocycles. The molecule has 0 aliphatic rings. The third-order valence-corrected chi connectivity index (χ3v) is 7.81. The number of rotatable bonds is 12. The third-order valence-electron chi connectivity index (χ3n) is 6.02. The number of carbonyl (C=O) groups is 2. The molecule has 208 valence electrons. The molecule has 2 amide bonds. The molecule has 0 spiro atoms. The van der Waals surface area contributed by atoms with Gasteiger partial charge in [0.25, 0.3) is 10.0 Å². The fourth-order valence-corrected chi connectivity index (χ4v) is 5.19. The number of sulfonamides is 1. The summed E-state index contributed by atoms with van der Waals surface area (Å²) in [7, 11) is -2.86. The van der Waals surface area contributed by atoms with Gasteiger partial charge in [0.15, 0.2) is 0 Å². The van der Waals surface area contributed by atoms with Crippen LogP contribution in [0.5, 0.6) is 5.75 Å². The van der Waals surface area contributed by atoms with E-state index in [-0.39, 0.29) is 17.1 Å². The molecule has 39 heavy (non-hydrogen) atoms. The van der Waals surface area contributed by atoms with Crippen LogP contribution in [-0.2, 0) is 26.2 Å². The van der Waals surface area contributed by atoms with E-state index in [1.807, 2.05) is 6.92 Å². The first kappa shape index (κ1) is 29.6. The lowest BCUT2D eigenvalue weighted by Crippen LogP contribution is -2.51. The number of halogens is 2. The maximum atomic E-state index is 13.7. The Hall–Kier alpha value is -3.99. The van der Waals surface area contributed by atoms with Gasteiger partial charge in [-0.05, 0) is 79.6 Å². The van der Waals surface area contributed by atoms with Gasteiger partial charge in [-0.1, -0.05) is 19.1 Å². The zero-order valence-electron chi connectivity index (χ0n) is 21.9. The molecule has 3 rings (SSSR count). The molecule has 1 unspecified atom stereocenters. The first-order valence-corrected chi connectivity index (χ1v) is 13.7. The summed E-state index contributed by atoms with van der Waals surface area (Å²) in [6.07, 6.45) is 0.683. The largest absolute Gasteiger partial charge is 0.497 e. The van der Waals surface area contributed by atoms with Crippen molar-refractivity contribution in [1.82, 2.24) is 10.2 Å². The van der Waals surface area contributed by atoms with Crippen molar-refractivity contribution in [2.75, 3.05) is 24.5 Å². The Kier molecular flexibility index (Phi) is 10.00. The van der Waals surface area contributed by atoms with Gasteiger partial charge in [-0.3, -0.25) is 13.9 Å². The summed E-state index contributed by atoms with van der Waals surface area (Å²) < 4.78 is 60.6. The monoisotopic (exact) mass is 559 g/mol. The minimum atomic E-state index is -4.30. The minimum Gasteiger partial charge on any atom is -0.497 e. The van der Waals surface area contributed by atoms with Crippen LogP contribution in [0.3, 0.4) is 0 Å². The average molecular weight is 560 g/mol. The van der Waals surface area contributed by atoms with Crippen LogP contribution in [0.1, 0.15) is 25.8 Å². The van der Waals surface area contributed by atoms with Crippen molar-refractivity contribution in [3.8, 4) is 5.75 Å². The first-order valence-electron chi connectivity index (χ1n) is 12.3. The maximum absolute atomic E-state index is 13.7. The summed E-state index contributed by atoms with van der Waals surface area (Å²) in [5.41, 5.74) is 0.608. The fraction of sp³-hybridized carbons (Fsp3) is 0.286. The second kappa shape index (κ2) is 13.2. The summed E-state index contributed by atoms with van der Waals surface area (Å²) in [6, 6.07) is 14.8. The van der Waals surface area contributed by atoms with Crippen LogP contribution in [0.15, 0.2) is 77.7 Å². The Balaban J connectivity index is 2.00. The highest BCUT2D eigenvalue weighted by atomic mass is 32.2. The van der Waals surface area contributed by atoms with E-state index in [1.54, 1.807) is 0 Å². The van der Waals surface area contributed by atoms with Crippen LogP contribution in [0.4, 0.5) is 14.5 Å². The molecule has 0 saturated heterocycles. The number of ether oxygens (including phenoxy) is 1. The first-order chi connectivity index (χ1) is 18.6. The summed E-state index contributed by atoms with van der Waals surface area (Å²) in [5.74, 6) is -1.70. The second-order valence-corrected chi connectivity index (χ2v) is 10.6. The number of hydrogen-bond donors (Lipinski definition) is 1. The molecular weight excluding hydrogens is 528 g/mol. The number of benzene rings is 3. The lowest BCUT2D eigenvalue weighted by Gasteiger charge is -2.32. The van der Waals surface area contributed by atoms with E-state index in [2.05, 4.69) is 5.32 Å². The number of amides is 2. The summed E-state index contributed by atoms with van der Waals surface area (Å²) >= 11 is 0. The van der Waals surface area contributed by atoms with Crippen LogP contribution < -0.4 is 14.4 Å². The molecule has 0 radical (unpaired) electrons. The molecule has 8 nitrogen and oxygen atoms in total. The van der Waals surface area contributed by atoms with Crippen molar-refractivity contribution in [1.29, 1.82) is 0 Å². The van der Waals surface area contributed by atoms with E-state index in [0.29, 0.717) is 24.3 Å². The van der Waals surface area contributed by atoms with Crippen molar-refractivity contribution in [2.24, 2.45) is 0 Å². The number of methoxy groups -OCH3 is 1. The van der Waals surface area contributed by atoms with Gasteiger partial charge in [-0.15, -0.1) is 0 Å². The lowest BCUT2D eigenvalue weighted by molar-refractivity contribution is -0.139. The average Bonchev–Trinajstić information content (AvgIpc) is 2.94. The fourth-order valence-electron chi connectivity index (χ4n) is 3.78. The number of hydrogen-bond acceptors (Lipinski definition) is 5. The van der Waals surface area contributed by atoms with Crippen LogP contribution in [-0.4, -0.2) is 51.4 Å². The molecule has 3 aromatic carbocycles. The molecule has 11 heteroatoms. The van der Waals surface area contributed by atoms with Gasteiger partial charge in [0.1, 0.15) is 30.0 Å². The van der Waals surface area contributed by atoms with E-state index < -0.39 is 46.1 Å². The predicted octanol–water partition coefficient (Wildman–Crippen LogP) is 4.11. The summed E-state index contributed by atoms with van der Waals surface area (Å²) in [5, 5.41) is 2.74. The Bertz CT molecular complexity index is 1370. The SMILES string of the molecule is CCCNC(=O)C(C)N(Cc1ccc(F)cc1)C(=O)CN(c1ccc(F)cc1)S(=O)(=O)c1ccc(OC)cc1. The van der Waals surface area contributed by atoms with Crippen molar-refractivity contribution < 1.29 is 31.5 Å². The van der Waals surface area contributed by atoms with Crippen LogP contribution in [0.2, 0.25) is 0 Å². The molecule has 1 N–H and O–H groups in total. The van der Waals surface area contributed by atoms with E-state index in [4.69, 9.17) is 4.74 Å². The van der Waals surface area contributed by atoms with E-state index in [9.17, 15) is 26.8 Å². The molecule has 0 aromatic heterocycles. The van der Waals surface area contributed by atoms with E-state index in [0.717, 1.165) is 16.4 Å². The maximum Gasteiger partial charge on any atom is 0.264 e. The molecule has 0 heterocycles. The van der Waals surface area contributed by atoms with E-state index in [1.165, 1.54) is 79.6 Å². The van der Waals surface area contributed by atoms with Crippen molar-refractivity contribution >= 4 is 27.5 Å². The van der Waals surface area contributed by atoms with Gasteiger partial charge in [-0.2, -0.15) is 0 Å². The predicted molar refractivity (Wildman–Crippen MR) is 144 cm³/mol. The Morgan fingerprint density at radius 2 is 1.49 bits per heavy atom. The summed E-state index contributed by atoms with van der Waals surface area (Å²) in [4.78, 5) is 27.7. The molecule has 0 fully saturated rings. The van der Waals surface area contributed by atoms with Gasteiger partial charge < -0.3 is 15.0 Å². The molecule has 3 aromatic rings. The zero-order chi connectivity index (χ0) is 28.6. The smallest absolute Gasteiger partial charge is 0.264 e. The normalized spacial score (nSPS) is 11.9. The standard InChI is InChI=1S/C28H31F2N3O5S/c1-4-17-31-28(35)20(2)32(18-21-5-7-22(29)8-6-21)27(34)19-33(24-11-9-23(30)10-12-24)39(36,37)26-15-13-25(38-3)14-16-26/h5-16,20H,4,17-19H2,1-3H3,(H,31,35). The second-order valence-electron chi connectivity index (χ2n) is 8.78. The van der Waals surface area contributed by atoms with E-state index >= 15 is 0 Å². The lowest BCUT2D eigenvalue weighted by atomic mass is 10.1. The zero-order valence-corrected chi connectivity index (χ0v) is 22.8. The van der Waals surface area contributed by atoms with Gasteiger partial charge in [0.2, 0.25) is 11.8 Å². The Morgan fingerprint density at radius 1 is 0.923 bits per heavy atom. The minimum absolute atomic E-state index is 0.0605. The Labute approximate surface area is 227 Å². The summed E-state index contributed by atoms with van der Waals surface area (Å²) in [6.45, 7) is 3.07. The number of nitrogens with one attached hydrogen (secondary N) is 1. The van der Waals surface area contributed by atoms with Crippen molar-refractivity contribution in [2.45, 2.75) is 37.8 Å². The van der Waals surface area contributed by atoms with Crippen LogP contribution >= 0.6 is 0 Å². The highest BCUT2D eigenvalue weighted by Gasteiger charge is 2.32.